The van der Waals surface area contributed by atoms with Crippen LogP contribution in [-0.4, -0.2) is 36.1 Å². The monoisotopic (exact) mass is 271 g/mol. The predicted octanol–water partition coefficient (Wildman–Crippen LogP) is 1.06. The first-order valence-electron chi connectivity index (χ1n) is 6.75. The second-order valence-corrected chi connectivity index (χ2v) is 4.59. The molecule has 3 rings (SSSR count). The molecule has 3 heterocycles. The maximum absolute atomic E-state index is 5.53. The van der Waals surface area contributed by atoms with Crippen molar-refractivity contribution in [1.29, 1.82) is 0 Å². The number of rotatable bonds is 5. The van der Waals surface area contributed by atoms with Crippen molar-refractivity contribution in [3.8, 4) is 11.5 Å². The Hall–Kier alpha value is -2.28. The number of imidazole rings is 1. The van der Waals surface area contributed by atoms with Gasteiger partial charge < -0.3 is 10.3 Å². The summed E-state index contributed by atoms with van der Waals surface area (Å²) in [5.41, 5.74) is 8.05. The van der Waals surface area contributed by atoms with Crippen LogP contribution in [0, 0.1) is 0 Å². The third-order valence-electron chi connectivity index (χ3n) is 3.08. The van der Waals surface area contributed by atoms with E-state index in [2.05, 4.69) is 31.8 Å². The number of hydrogen-bond donors (Lipinski definition) is 1. The van der Waals surface area contributed by atoms with Crippen molar-refractivity contribution in [2.24, 2.45) is 5.73 Å². The van der Waals surface area contributed by atoms with Crippen LogP contribution in [0.1, 0.15) is 13.3 Å². The summed E-state index contributed by atoms with van der Waals surface area (Å²) in [6, 6.07) is 3.85. The third-order valence-corrected chi connectivity index (χ3v) is 3.08. The predicted molar refractivity (Wildman–Crippen MR) is 75.9 cm³/mol. The van der Waals surface area contributed by atoms with Crippen LogP contribution in [0.5, 0.6) is 0 Å². The molecule has 0 saturated carbocycles. The highest BCUT2D eigenvalue weighted by atomic mass is 15.4. The molecule has 104 valence electrons. The molecule has 0 spiro atoms. The number of fused-ring (bicyclic) bond motifs is 1. The van der Waals surface area contributed by atoms with E-state index in [0.29, 0.717) is 13.1 Å². The second kappa shape index (κ2) is 5.38. The average Bonchev–Trinajstić information content (AvgIpc) is 3.05. The van der Waals surface area contributed by atoms with E-state index in [-0.39, 0.29) is 0 Å². The Kier molecular flexibility index (Phi) is 3.42. The molecule has 0 aliphatic heterocycles. The van der Waals surface area contributed by atoms with E-state index < -0.39 is 0 Å². The fourth-order valence-corrected chi connectivity index (χ4v) is 2.23. The molecule has 7 heteroatoms. The highest BCUT2D eigenvalue weighted by Gasteiger charge is 2.15. The van der Waals surface area contributed by atoms with Gasteiger partial charge in [0.15, 0.2) is 11.5 Å². The first kappa shape index (κ1) is 12.7. The van der Waals surface area contributed by atoms with E-state index in [9.17, 15) is 0 Å². The number of pyridine rings is 1. The van der Waals surface area contributed by atoms with Crippen molar-refractivity contribution < 1.29 is 0 Å². The molecule has 0 fully saturated rings. The van der Waals surface area contributed by atoms with Gasteiger partial charge in [0.25, 0.3) is 0 Å². The van der Waals surface area contributed by atoms with Gasteiger partial charge in [0.2, 0.25) is 0 Å². The zero-order valence-corrected chi connectivity index (χ0v) is 11.4. The molecular weight excluding hydrogens is 254 g/mol. The number of nitrogens with two attached hydrogens (primary N) is 1. The van der Waals surface area contributed by atoms with Gasteiger partial charge in [0.05, 0.1) is 12.7 Å². The zero-order chi connectivity index (χ0) is 13.9. The van der Waals surface area contributed by atoms with Gasteiger partial charge in [0.1, 0.15) is 11.2 Å². The van der Waals surface area contributed by atoms with E-state index in [1.54, 1.807) is 10.9 Å². The lowest BCUT2D eigenvalue weighted by Gasteiger charge is -2.04. The van der Waals surface area contributed by atoms with E-state index in [0.717, 1.165) is 35.6 Å². The van der Waals surface area contributed by atoms with Crippen molar-refractivity contribution in [2.75, 3.05) is 6.54 Å². The maximum Gasteiger partial charge on any atom is 0.164 e. The third kappa shape index (κ3) is 2.16. The smallest absolute Gasteiger partial charge is 0.164 e. The minimum absolute atomic E-state index is 0.537. The molecule has 0 atom stereocenters. The van der Waals surface area contributed by atoms with Crippen molar-refractivity contribution in [3.05, 3.63) is 24.5 Å². The molecule has 0 saturated heterocycles. The summed E-state index contributed by atoms with van der Waals surface area (Å²) in [5.74, 6) is 0.809. The molecule has 3 aromatic rings. The van der Waals surface area contributed by atoms with Gasteiger partial charge in [-0.15, -0.1) is 5.10 Å². The lowest BCUT2D eigenvalue weighted by Crippen LogP contribution is -2.10. The van der Waals surface area contributed by atoms with Crippen LogP contribution in [0.15, 0.2) is 24.5 Å². The van der Waals surface area contributed by atoms with E-state index >= 15 is 0 Å². The molecule has 0 radical (unpaired) electrons. The summed E-state index contributed by atoms with van der Waals surface area (Å²) >= 11 is 0. The highest BCUT2D eigenvalue weighted by molar-refractivity contribution is 5.75. The van der Waals surface area contributed by atoms with Crippen LogP contribution < -0.4 is 5.73 Å². The first-order valence-corrected chi connectivity index (χ1v) is 6.75. The summed E-state index contributed by atoms with van der Waals surface area (Å²) < 4.78 is 3.82. The van der Waals surface area contributed by atoms with Gasteiger partial charge in [-0.2, -0.15) is 0 Å². The molecule has 0 aromatic carbocycles. The van der Waals surface area contributed by atoms with Crippen molar-refractivity contribution in [2.45, 2.75) is 26.4 Å². The van der Waals surface area contributed by atoms with Gasteiger partial charge in [-0.1, -0.05) is 12.1 Å². The average molecular weight is 271 g/mol. The molecule has 7 nitrogen and oxygen atoms in total. The van der Waals surface area contributed by atoms with Crippen molar-refractivity contribution in [3.63, 3.8) is 0 Å². The van der Waals surface area contributed by atoms with Gasteiger partial charge in [0, 0.05) is 19.3 Å². The Bertz CT molecular complexity index is 712. The minimum Gasteiger partial charge on any atom is -0.329 e. The summed E-state index contributed by atoms with van der Waals surface area (Å²) in [6.07, 6.45) is 4.66. The molecule has 0 aliphatic rings. The normalized spacial score (nSPS) is 11.3. The summed E-state index contributed by atoms with van der Waals surface area (Å²) in [7, 11) is 0. The van der Waals surface area contributed by atoms with E-state index in [1.165, 1.54) is 0 Å². The molecule has 3 aromatic heterocycles. The Labute approximate surface area is 116 Å². The number of hydrogen-bond acceptors (Lipinski definition) is 5. The number of nitrogens with zero attached hydrogens (tertiary/aromatic N) is 6. The quantitative estimate of drug-likeness (QED) is 0.749. The highest BCUT2D eigenvalue weighted by Crippen LogP contribution is 2.21. The van der Waals surface area contributed by atoms with Gasteiger partial charge in [-0.3, -0.25) is 4.68 Å². The Balaban J connectivity index is 2.11. The Morgan fingerprint density at radius 3 is 3.00 bits per heavy atom. The van der Waals surface area contributed by atoms with Crippen molar-refractivity contribution >= 4 is 11.2 Å². The van der Waals surface area contributed by atoms with Gasteiger partial charge in [-0.05, 0) is 18.6 Å². The Morgan fingerprint density at radius 1 is 1.30 bits per heavy atom. The van der Waals surface area contributed by atoms with Crippen LogP contribution >= 0.6 is 0 Å². The molecule has 0 amide bonds. The second-order valence-electron chi connectivity index (χ2n) is 4.59. The molecule has 0 aliphatic carbocycles. The summed E-state index contributed by atoms with van der Waals surface area (Å²) in [5, 5.41) is 8.26. The summed E-state index contributed by atoms with van der Waals surface area (Å²) in [4.78, 5) is 9.04. The molecular formula is C13H17N7. The molecule has 0 unspecified atom stereocenters. The Morgan fingerprint density at radius 2 is 2.20 bits per heavy atom. The van der Waals surface area contributed by atoms with Crippen LogP contribution in [-0.2, 0) is 13.1 Å². The van der Waals surface area contributed by atoms with Gasteiger partial charge >= 0.3 is 0 Å². The lowest BCUT2D eigenvalue weighted by atomic mass is 10.4. The standard InChI is InChI=1S/C13H17N7/c1-2-7-20-12-10(4-3-6-15-12)16-13(20)11-9-19(8-5-14)18-17-11/h3-4,6,9H,2,5,7-8,14H2,1H3. The van der Waals surface area contributed by atoms with Gasteiger partial charge in [-0.25, -0.2) is 9.97 Å². The topological polar surface area (TPSA) is 87.4 Å². The fraction of sp³-hybridized carbons (Fsp3) is 0.385. The van der Waals surface area contributed by atoms with Crippen LogP contribution in [0.2, 0.25) is 0 Å². The van der Waals surface area contributed by atoms with Crippen molar-refractivity contribution in [1.82, 2.24) is 29.5 Å². The maximum atomic E-state index is 5.53. The number of aromatic nitrogens is 6. The van der Waals surface area contributed by atoms with Crippen LogP contribution in [0.25, 0.3) is 22.7 Å². The molecule has 0 bridgehead atoms. The number of aryl methyl sites for hydroxylation is 1. The molecule has 20 heavy (non-hydrogen) atoms. The van der Waals surface area contributed by atoms with E-state index in [4.69, 9.17) is 5.73 Å². The molecule has 2 N–H and O–H groups in total. The zero-order valence-electron chi connectivity index (χ0n) is 11.4. The largest absolute Gasteiger partial charge is 0.329 e. The fourth-order valence-electron chi connectivity index (χ4n) is 2.23. The first-order chi connectivity index (χ1) is 9.83. The SMILES string of the molecule is CCCn1c(-c2cn(CCN)nn2)nc2cccnc21. The minimum atomic E-state index is 0.537. The lowest BCUT2D eigenvalue weighted by molar-refractivity contribution is 0.598. The summed E-state index contributed by atoms with van der Waals surface area (Å²) in [6.45, 7) is 4.17. The van der Waals surface area contributed by atoms with E-state index in [1.807, 2.05) is 18.3 Å². The van der Waals surface area contributed by atoms with Crippen LogP contribution in [0.3, 0.4) is 0 Å². The van der Waals surface area contributed by atoms with Crippen LogP contribution in [0.4, 0.5) is 0 Å².